The number of hydrogen-bond donors (Lipinski definition) is 1. The third kappa shape index (κ3) is 2.49. The van der Waals surface area contributed by atoms with Gasteiger partial charge in [0.05, 0.1) is 25.4 Å². The minimum absolute atomic E-state index is 0.0440. The predicted octanol–water partition coefficient (Wildman–Crippen LogP) is 0.563. The third-order valence-electron chi connectivity index (χ3n) is 3.41. The van der Waals surface area contributed by atoms with Crippen LogP contribution in [0.15, 0.2) is 12.4 Å². The van der Waals surface area contributed by atoms with Crippen molar-refractivity contribution in [3.63, 3.8) is 0 Å². The summed E-state index contributed by atoms with van der Waals surface area (Å²) in [6.45, 7) is 2.59. The van der Waals surface area contributed by atoms with Crippen molar-refractivity contribution in [3.8, 4) is 0 Å². The van der Waals surface area contributed by atoms with Gasteiger partial charge in [-0.3, -0.25) is 4.79 Å². The van der Waals surface area contributed by atoms with Gasteiger partial charge >= 0.3 is 11.9 Å². The number of carboxylic acids is 1. The number of ether oxygens (including phenoxy) is 1. The molecule has 1 N–H and O–H groups in total. The van der Waals surface area contributed by atoms with E-state index in [1.807, 2.05) is 11.8 Å². The molecule has 7 heteroatoms. The first-order valence-corrected chi connectivity index (χ1v) is 5.94. The molecule has 0 spiro atoms. The fraction of sp³-hybridized carbons (Fsp3) is 0.500. The van der Waals surface area contributed by atoms with Crippen LogP contribution in [-0.2, 0) is 9.53 Å². The highest BCUT2D eigenvalue weighted by Crippen LogP contribution is 2.28. The first-order chi connectivity index (χ1) is 9.04. The zero-order valence-corrected chi connectivity index (χ0v) is 10.7. The number of carbonyl (C=O) groups excluding carboxylic acids is 1. The maximum absolute atomic E-state index is 11.6. The lowest BCUT2D eigenvalue weighted by Gasteiger charge is -2.24. The summed E-state index contributed by atoms with van der Waals surface area (Å²) < 4.78 is 4.76. The van der Waals surface area contributed by atoms with E-state index < -0.39 is 5.97 Å². The van der Waals surface area contributed by atoms with Gasteiger partial charge < -0.3 is 14.7 Å². The van der Waals surface area contributed by atoms with Gasteiger partial charge in [0.2, 0.25) is 0 Å². The summed E-state index contributed by atoms with van der Waals surface area (Å²) >= 11 is 0. The lowest BCUT2D eigenvalue weighted by molar-refractivity contribution is -0.145. The second-order valence-corrected chi connectivity index (χ2v) is 4.42. The van der Waals surface area contributed by atoms with E-state index in [0.29, 0.717) is 18.8 Å². The monoisotopic (exact) mass is 265 g/mol. The summed E-state index contributed by atoms with van der Waals surface area (Å²) in [5.74, 6) is -0.957. The molecule has 0 amide bonds. The second-order valence-electron chi connectivity index (χ2n) is 4.42. The van der Waals surface area contributed by atoms with E-state index in [2.05, 4.69) is 9.97 Å². The van der Waals surface area contributed by atoms with E-state index in [1.54, 1.807) is 0 Å². The number of rotatable bonds is 3. The Morgan fingerprint density at radius 3 is 2.68 bits per heavy atom. The molecule has 2 atom stereocenters. The molecule has 0 aromatic carbocycles. The maximum atomic E-state index is 11.6. The second kappa shape index (κ2) is 5.21. The lowest BCUT2D eigenvalue weighted by atomic mass is 10.0. The van der Waals surface area contributed by atoms with Crippen molar-refractivity contribution in [3.05, 3.63) is 18.1 Å². The standard InChI is InChI=1S/C12H15N3O4/c1-7-8(12(18)19-2)3-4-15(7)10-6-13-9(5-14-10)11(16)17/h5-8H,3-4H2,1-2H3,(H,16,17). The molecule has 0 bridgehead atoms. The zero-order valence-electron chi connectivity index (χ0n) is 10.7. The van der Waals surface area contributed by atoms with Gasteiger partial charge in [-0.25, -0.2) is 14.8 Å². The molecule has 1 fully saturated rings. The van der Waals surface area contributed by atoms with Crippen LogP contribution in [0, 0.1) is 5.92 Å². The Labute approximate surface area is 110 Å². The molecule has 7 nitrogen and oxygen atoms in total. The zero-order chi connectivity index (χ0) is 14.0. The van der Waals surface area contributed by atoms with Crippen LogP contribution in [0.1, 0.15) is 23.8 Å². The molecule has 0 aliphatic carbocycles. The highest BCUT2D eigenvalue weighted by atomic mass is 16.5. The van der Waals surface area contributed by atoms with E-state index in [9.17, 15) is 9.59 Å². The van der Waals surface area contributed by atoms with Crippen molar-refractivity contribution in [2.75, 3.05) is 18.6 Å². The first-order valence-electron chi connectivity index (χ1n) is 5.94. The maximum Gasteiger partial charge on any atom is 0.356 e. The van der Waals surface area contributed by atoms with Crippen molar-refractivity contribution >= 4 is 17.8 Å². The average Bonchev–Trinajstić information content (AvgIpc) is 2.80. The van der Waals surface area contributed by atoms with Crippen LogP contribution in [0.25, 0.3) is 0 Å². The number of aromatic carboxylic acids is 1. The Balaban J connectivity index is 2.15. The molecule has 1 aliphatic rings. The Morgan fingerprint density at radius 2 is 2.16 bits per heavy atom. The fourth-order valence-electron chi connectivity index (χ4n) is 2.31. The number of hydrogen-bond acceptors (Lipinski definition) is 6. The van der Waals surface area contributed by atoms with E-state index in [4.69, 9.17) is 9.84 Å². The Morgan fingerprint density at radius 1 is 1.42 bits per heavy atom. The van der Waals surface area contributed by atoms with Crippen LogP contribution < -0.4 is 4.90 Å². The highest BCUT2D eigenvalue weighted by molar-refractivity contribution is 5.85. The predicted molar refractivity (Wildman–Crippen MR) is 65.9 cm³/mol. The summed E-state index contributed by atoms with van der Waals surface area (Å²) in [5, 5.41) is 8.76. The number of nitrogens with zero attached hydrogens (tertiary/aromatic N) is 3. The quantitative estimate of drug-likeness (QED) is 0.798. The van der Waals surface area contributed by atoms with E-state index in [1.165, 1.54) is 19.5 Å². The van der Waals surface area contributed by atoms with Crippen LogP contribution in [0.5, 0.6) is 0 Å². The Kier molecular flexibility index (Phi) is 3.64. The van der Waals surface area contributed by atoms with Gasteiger partial charge in [0.25, 0.3) is 0 Å². The molecule has 1 saturated heterocycles. The molecule has 102 valence electrons. The van der Waals surface area contributed by atoms with Crippen LogP contribution >= 0.6 is 0 Å². The molecule has 2 heterocycles. The summed E-state index contributed by atoms with van der Waals surface area (Å²) in [6, 6.07) is -0.0440. The molecule has 2 rings (SSSR count). The number of carbonyl (C=O) groups is 2. The molecule has 0 radical (unpaired) electrons. The van der Waals surface area contributed by atoms with E-state index in [0.717, 1.165) is 0 Å². The smallest absolute Gasteiger partial charge is 0.356 e. The molecule has 0 saturated carbocycles. The van der Waals surface area contributed by atoms with Crippen molar-refractivity contribution in [2.45, 2.75) is 19.4 Å². The molecular weight excluding hydrogens is 250 g/mol. The Bertz CT molecular complexity index is 488. The van der Waals surface area contributed by atoms with Crippen LogP contribution in [0.4, 0.5) is 5.82 Å². The number of aromatic nitrogens is 2. The topological polar surface area (TPSA) is 92.6 Å². The summed E-state index contributed by atoms with van der Waals surface area (Å²) in [7, 11) is 1.37. The summed E-state index contributed by atoms with van der Waals surface area (Å²) in [4.78, 5) is 32.1. The highest BCUT2D eigenvalue weighted by Gasteiger charge is 2.37. The van der Waals surface area contributed by atoms with Crippen LogP contribution in [-0.4, -0.2) is 46.7 Å². The first kappa shape index (κ1) is 13.3. The van der Waals surface area contributed by atoms with Crippen LogP contribution in [0.3, 0.4) is 0 Å². The molecule has 1 aromatic rings. The van der Waals surface area contributed by atoms with Crippen molar-refractivity contribution < 1.29 is 19.4 Å². The normalized spacial score (nSPS) is 22.3. The average molecular weight is 265 g/mol. The number of anilines is 1. The number of carboxylic acid groups (broad SMARTS) is 1. The molecule has 1 aliphatic heterocycles. The Hall–Kier alpha value is -2.18. The largest absolute Gasteiger partial charge is 0.476 e. The minimum Gasteiger partial charge on any atom is -0.476 e. The van der Waals surface area contributed by atoms with Crippen molar-refractivity contribution in [2.24, 2.45) is 5.92 Å². The third-order valence-corrected chi connectivity index (χ3v) is 3.41. The van der Waals surface area contributed by atoms with Gasteiger partial charge in [0.15, 0.2) is 5.69 Å². The van der Waals surface area contributed by atoms with Gasteiger partial charge in [-0.15, -0.1) is 0 Å². The molecule has 2 unspecified atom stereocenters. The SMILES string of the molecule is COC(=O)C1CCN(c2cnc(C(=O)O)cn2)C1C. The summed E-state index contributed by atoms with van der Waals surface area (Å²) in [5.41, 5.74) is -0.0971. The number of methoxy groups -OCH3 is 1. The van der Waals surface area contributed by atoms with E-state index in [-0.39, 0.29) is 23.6 Å². The fourth-order valence-corrected chi connectivity index (χ4v) is 2.31. The van der Waals surface area contributed by atoms with Crippen molar-refractivity contribution in [1.82, 2.24) is 9.97 Å². The van der Waals surface area contributed by atoms with Crippen LogP contribution in [0.2, 0.25) is 0 Å². The van der Waals surface area contributed by atoms with E-state index >= 15 is 0 Å². The van der Waals surface area contributed by atoms with Gasteiger partial charge in [-0.1, -0.05) is 0 Å². The summed E-state index contributed by atoms with van der Waals surface area (Å²) in [6.07, 6.45) is 3.33. The minimum atomic E-state index is -1.11. The number of esters is 1. The lowest BCUT2D eigenvalue weighted by Crippen LogP contribution is -2.34. The molecule has 19 heavy (non-hydrogen) atoms. The molecular formula is C12H15N3O4. The van der Waals surface area contributed by atoms with Gasteiger partial charge in [0.1, 0.15) is 5.82 Å². The molecule has 1 aromatic heterocycles. The van der Waals surface area contributed by atoms with Gasteiger partial charge in [-0.05, 0) is 13.3 Å². The van der Waals surface area contributed by atoms with Crippen molar-refractivity contribution in [1.29, 1.82) is 0 Å². The van der Waals surface area contributed by atoms with Gasteiger partial charge in [-0.2, -0.15) is 0 Å². The van der Waals surface area contributed by atoms with Gasteiger partial charge in [0, 0.05) is 12.6 Å².